The molecule has 3 heteroatoms. The standard InChI is InChI=1S/C14H29N3/c1-8-11(9-13(2,3)4)16-12(17-15)10-14(5,6)7/h8H,9-10,15H2,1-7H3,(H,16,17)/b11-8-. The Kier molecular flexibility index (Phi) is 5.73. The third-order valence-corrected chi connectivity index (χ3v) is 2.23. The summed E-state index contributed by atoms with van der Waals surface area (Å²) < 4.78 is 0. The van der Waals surface area contributed by atoms with Gasteiger partial charge in [-0.05, 0) is 24.2 Å². The molecule has 0 amide bonds. The summed E-state index contributed by atoms with van der Waals surface area (Å²) in [5, 5.41) is 7.21. The van der Waals surface area contributed by atoms with Gasteiger partial charge in [-0.25, -0.2) is 0 Å². The van der Waals surface area contributed by atoms with Crippen LogP contribution in [0.15, 0.2) is 16.9 Å². The van der Waals surface area contributed by atoms with Crippen molar-refractivity contribution in [3.63, 3.8) is 0 Å². The van der Waals surface area contributed by atoms with Crippen LogP contribution in [0.5, 0.6) is 0 Å². The molecule has 0 aromatic rings. The number of hydrogen-bond donors (Lipinski definition) is 2. The van der Waals surface area contributed by atoms with E-state index in [1.165, 1.54) is 5.70 Å². The SMILES string of the molecule is C/C=C(/CC(C)(C)C)N/C(CC(C)(C)C)=N\N. The maximum atomic E-state index is 5.44. The van der Waals surface area contributed by atoms with Crippen LogP contribution in [0.4, 0.5) is 0 Å². The van der Waals surface area contributed by atoms with Gasteiger partial charge in [-0.2, -0.15) is 5.10 Å². The minimum atomic E-state index is 0.186. The lowest BCUT2D eigenvalue weighted by molar-refractivity contribution is 0.400. The molecule has 0 saturated heterocycles. The molecule has 0 rings (SSSR count). The van der Waals surface area contributed by atoms with Crippen molar-refractivity contribution in [1.82, 2.24) is 5.32 Å². The van der Waals surface area contributed by atoms with Gasteiger partial charge >= 0.3 is 0 Å². The van der Waals surface area contributed by atoms with Crippen molar-refractivity contribution in [2.24, 2.45) is 21.8 Å². The fourth-order valence-electron chi connectivity index (χ4n) is 1.60. The first-order valence-corrected chi connectivity index (χ1v) is 6.26. The fourth-order valence-corrected chi connectivity index (χ4v) is 1.60. The van der Waals surface area contributed by atoms with Gasteiger partial charge in [0.05, 0.1) is 0 Å². The molecule has 0 aromatic heterocycles. The minimum absolute atomic E-state index is 0.186. The van der Waals surface area contributed by atoms with Gasteiger partial charge < -0.3 is 11.2 Å². The summed E-state index contributed by atoms with van der Waals surface area (Å²) in [6, 6.07) is 0. The predicted molar refractivity (Wildman–Crippen MR) is 76.7 cm³/mol. The molecule has 0 aromatic carbocycles. The van der Waals surface area contributed by atoms with E-state index in [0.29, 0.717) is 0 Å². The first kappa shape index (κ1) is 16.0. The smallest absolute Gasteiger partial charge is 0.126 e. The zero-order valence-electron chi connectivity index (χ0n) is 12.5. The lowest BCUT2D eigenvalue weighted by Crippen LogP contribution is -2.30. The molecule has 0 spiro atoms. The van der Waals surface area contributed by atoms with E-state index in [1.54, 1.807) is 0 Å². The van der Waals surface area contributed by atoms with Crippen LogP contribution in [-0.2, 0) is 0 Å². The Morgan fingerprint density at radius 1 is 1.06 bits per heavy atom. The summed E-state index contributed by atoms with van der Waals surface area (Å²) in [5.41, 5.74) is 1.63. The molecule has 3 nitrogen and oxygen atoms in total. The Balaban J connectivity index is 4.57. The highest BCUT2D eigenvalue weighted by atomic mass is 15.2. The van der Waals surface area contributed by atoms with Crippen LogP contribution in [0.2, 0.25) is 0 Å². The molecule has 0 unspecified atom stereocenters. The number of hydrazone groups is 1. The first-order chi connectivity index (χ1) is 7.57. The van der Waals surface area contributed by atoms with Crippen molar-refractivity contribution in [2.75, 3.05) is 0 Å². The van der Waals surface area contributed by atoms with Crippen molar-refractivity contribution in [3.8, 4) is 0 Å². The molecule has 0 heterocycles. The number of nitrogens with two attached hydrogens (primary N) is 1. The number of rotatable bonds is 3. The minimum Gasteiger partial charge on any atom is -0.346 e. The van der Waals surface area contributed by atoms with E-state index in [0.717, 1.165) is 18.7 Å². The predicted octanol–water partition coefficient (Wildman–Crippen LogP) is 3.62. The van der Waals surface area contributed by atoms with Gasteiger partial charge in [0.15, 0.2) is 0 Å². The molecule has 0 aliphatic heterocycles. The summed E-state index contributed by atoms with van der Waals surface area (Å²) >= 11 is 0. The number of amidine groups is 1. The zero-order valence-corrected chi connectivity index (χ0v) is 12.5. The Labute approximate surface area is 107 Å². The van der Waals surface area contributed by atoms with Crippen molar-refractivity contribution < 1.29 is 0 Å². The van der Waals surface area contributed by atoms with E-state index >= 15 is 0 Å². The average Bonchev–Trinajstić information content (AvgIpc) is 2.11. The quantitative estimate of drug-likeness (QED) is 0.342. The summed E-state index contributed by atoms with van der Waals surface area (Å²) in [6.07, 6.45) is 3.94. The average molecular weight is 239 g/mol. The van der Waals surface area contributed by atoms with Crippen LogP contribution < -0.4 is 11.2 Å². The van der Waals surface area contributed by atoms with Crippen molar-refractivity contribution in [1.29, 1.82) is 0 Å². The van der Waals surface area contributed by atoms with Gasteiger partial charge in [0.2, 0.25) is 0 Å². The summed E-state index contributed by atoms with van der Waals surface area (Å²) in [6.45, 7) is 15.2. The zero-order chi connectivity index (χ0) is 13.7. The summed E-state index contributed by atoms with van der Waals surface area (Å²) in [7, 11) is 0. The van der Waals surface area contributed by atoms with E-state index < -0.39 is 0 Å². The molecule has 0 atom stereocenters. The van der Waals surface area contributed by atoms with Crippen molar-refractivity contribution in [2.45, 2.75) is 61.3 Å². The fraction of sp³-hybridized carbons (Fsp3) is 0.786. The summed E-state index contributed by atoms with van der Waals surface area (Å²) in [5.74, 6) is 6.30. The Morgan fingerprint density at radius 2 is 1.53 bits per heavy atom. The second kappa shape index (κ2) is 6.08. The first-order valence-electron chi connectivity index (χ1n) is 6.26. The monoisotopic (exact) mass is 239 g/mol. The maximum absolute atomic E-state index is 5.44. The third-order valence-electron chi connectivity index (χ3n) is 2.23. The molecule has 3 N–H and O–H groups in total. The third kappa shape index (κ3) is 8.78. The largest absolute Gasteiger partial charge is 0.346 e. The number of nitrogens with zero attached hydrogens (tertiary/aromatic N) is 1. The molecule has 0 aliphatic carbocycles. The van der Waals surface area contributed by atoms with Crippen LogP contribution in [0, 0.1) is 10.8 Å². The van der Waals surface area contributed by atoms with Gasteiger partial charge in [0.1, 0.15) is 5.84 Å². The highest BCUT2D eigenvalue weighted by Gasteiger charge is 2.17. The van der Waals surface area contributed by atoms with Crippen LogP contribution >= 0.6 is 0 Å². The van der Waals surface area contributed by atoms with Gasteiger partial charge in [-0.15, -0.1) is 0 Å². The molecular weight excluding hydrogens is 210 g/mol. The van der Waals surface area contributed by atoms with Crippen molar-refractivity contribution >= 4 is 5.84 Å². The highest BCUT2D eigenvalue weighted by Crippen LogP contribution is 2.24. The second-order valence-electron chi connectivity index (χ2n) is 6.99. The number of allylic oxidation sites excluding steroid dienone is 2. The van der Waals surface area contributed by atoms with Crippen LogP contribution in [0.1, 0.15) is 61.3 Å². The second-order valence-corrected chi connectivity index (χ2v) is 6.99. The van der Waals surface area contributed by atoms with Gasteiger partial charge in [0.25, 0.3) is 0 Å². The van der Waals surface area contributed by atoms with Gasteiger partial charge in [-0.1, -0.05) is 47.6 Å². The lowest BCUT2D eigenvalue weighted by atomic mass is 9.89. The number of nitrogens with one attached hydrogen (secondary N) is 1. The highest BCUT2D eigenvalue weighted by molar-refractivity contribution is 5.84. The summed E-state index contributed by atoms with van der Waals surface area (Å²) in [4.78, 5) is 0. The Morgan fingerprint density at radius 3 is 1.82 bits per heavy atom. The lowest BCUT2D eigenvalue weighted by Gasteiger charge is -2.24. The molecule has 0 radical (unpaired) electrons. The van der Waals surface area contributed by atoms with Gasteiger partial charge in [-0.3, -0.25) is 0 Å². The van der Waals surface area contributed by atoms with Crippen molar-refractivity contribution in [3.05, 3.63) is 11.8 Å². The molecule has 17 heavy (non-hydrogen) atoms. The molecule has 0 aliphatic rings. The molecule has 0 bridgehead atoms. The Hall–Kier alpha value is -0.990. The molecule has 100 valence electrons. The van der Waals surface area contributed by atoms with Crippen LogP contribution in [0.25, 0.3) is 0 Å². The van der Waals surface area contributed by atoms with Crippen LogP contribution in [-0.4, -0.2) is 5.84 Å². The van der Waals surface area contributed by atoms with E-state index in [2.05, 4.69) is 58.0 Å². The maximum Gasteiger partial charge on any atom is 0.126 e. The molecule has 0 saturated carbocycles. The molecular formula is C14H29N3. The van der Waals surface area contributed by atoms with E-state index in [-0.39, 0.29) is 10.8 Å². The number of hydrogen-bond acceptors (Lipinski definition) is 2. The van der Waals surface area contributed by atoms with E-state index in [4.69, 9.17) is 5.84 Å². The van der Waals surface area contributed by atoms with Gasteiger partial charge in [0, 0.05) is 12.1 Å². The topological polar surface area (TPSA) is 50.4 Å². The van der Waals surface area contributed by atoms with E-state index in [9.17, 15) is 0 Å². The normalized spacial score (nSPS) is 15.0. The van der Waals surface area contributed by atoms with E-state index in [1.807, 2.05) is 6.92 Å². The Bertz CT molecular complexity index is 258. The van der Waals surface area contributed by atoms with Crippen LogP contribution in [0.3, 0.4) is 0 Å². The molecule has 0 fully saturated rings.